The van der Waals surface area contributed by atoms with Gasteiger partial charge in [-0.2, -0.15) is 5.10 Å². The summed E-state index contributed by atoms with van der Waals surface area (Å²) in [5, 5.41) is 5.24. The molecule has 0 atom stereocenters. The van der Waals surface area contributed by atoms with E-state index in [4.69, 9.17) is 11.6 Å². The van der Waals surface area contributed by atoms with Gasteiger partial charge in [-0.15, -0.1) is 0 Å². The van der Waals surface area contributed by atoms with Gasteiger partial charge in [0.05, 0.1) is 33.6 Å². The molecule has 0 aliphatic rings. The van der Waals surface area contributed by atoms with Gasteiger partial charge in [0.25, 0.3) is 11.5 Å². The lowest BCUT2D eigenvalue weighted by Crippen LogP contribution is -2.24. The number of halogens is 1. The zero-order valence-electron chi connectivity index (χ0n) is 18.3. The molecule has 0 aliphatic heterocycles. The van der Waals surface area contributed by atoms with E-state index in [9.17, 15) is 9.59 Å². The van der Waals surface area contributed by atoms with Crippen molar-refractivity contribution >= 4 is 52.5 Å². The molecule has 0 saturated carbocycles. The number of carbonyl (C=O) groups is 1. The number of para-hydroxylation sites is 2. The number of fused-ring (bicyclic) bond motifs is 1. The number of aromatic nitrogens is 2. The Morgan fingerprint density at radius 1 is 1.06 bits per heavy atom. The van der Waals surface area contributed by atoms with Gasteiger partial charge in [0.2, 0.25) is 0 Å². The summed E-state index contributed by atoms with van der Waals surface area (Å²) in [7, 11) is 0. The predicted octanol–water partition coefficient (Wildman–Crippen LogP) is 5.17. The van der Waals surface area contributed by atoms with Crippen LogP contribution in [0.5, 0.6) is 0 Å². The molecule has 1 N–H and O–H groups in total. The Balaban J connectivity index is 1.52. The van der Waals surface area contributed by atoms with Crippen molar-refractivity contribution in [2.45, 2.75) is 12.1 Å². The molecule has 0 fully saturated rings. The van der Waals surface area contributed by atoms with Crippen LogP contribution in [0.2, 0.25) is 0 Å². The second kappa shape index (κ2) is 11.0. The number of nitrogens with one attached hydrogen (secondary N) is 1. The van der Waals surface area contributed by atoms with E-state index in [1.807, 2.05) is 73.7 Å². The van der Waals surface area contributed by atoms with Crippen LogP contribution in [0.3, 0.4) is 0 Å². The highest BCUT2D eigenvalue weighted by atomic mass is 35.5. The number of hydrogen-bond acceptors (Lipinski definition) is 5. The van der Waals surface area contributed by atoms with E-state index in [1.54, 1.807) is 22.8 Å². The first-order chi connectivity index (χ1) is 16.5. The first-order valence-corrected chi connectivity index (χ1v) is 11.8. The zero-order valence-corrected chi connectivity index (χ0v) is 19.9. The van der Waals surface area contributed by atoms with Crippen LogP contribution >= 0.6 is 23.4 Å². The van der Waals surface area contributed by atoms with E-state index in [1.165, 1.54) is 18.0 Å². The molecule has 8 heteroatoms. The number of thioether (sulfide) groups is 1. The standard InChI is InChI=1S/C26H21ClN4O2S/c1-18-9-5-8-14-23(18)31-25(33)21-12-6-7-13-22(21)29-26(31)34-17-24(32)30-28-16-20(27)15-19-10-3-2-4-11-19/h2-16H,17H2,1H3,(H,30,32)/b20-15-,28-16-. The monoisotopic (exact) mass is 488 g/mol. The number of nitrogens with zero attached hydrogens (tertiary/aromatic N) is 3. The third-order valence-corrected chi connectivity index (χ3v) is 6.06. The molecule has 4 rings (SSSR count). The molecule has 1 aromatic heterocycles. The Morgan fingerprint density at radius 3 is 2.56 bits per heavy atom. The summed E-state index contributed by atoms with van der Waals surface area (Å²) in [5.74, 6) is -0.322. The average molecular weight is 489 g/mol. The van der Waals surface area contributed by atoms with Crippen molar-refractivity contribution in [3.8, 4) is 5.69 Å². The lowest BCUT2D eigenvalue weighted by Gasteiger charge is -2.14. The quantitative estimate of drug-likeness (QED) is 0.168. The number of amides is 1. The topological polar surface area (TPSA) is 76.3 Å². The molecule has 0 saturated heterocycles. The molecule has 1 amide bonds. The molecule has 1 heterocycles. The Kier molecular flexibility index (Phi) is 7.57. The van der Waals surface area contributed by atoms with Gasteiger partial charge in [0, 0.05) is 0 Å². The summed E-state index contributed by atoms with van der Waals surface area (Å²) in [6.45, 7) is 1.93. The summed E-state index contributed by atoms with van der Waals surface area (Å²) < 4.78 is 1.55. The molecule has 170 valence electrons. The second-order valence-corrected chi connectivity index (χ2v) is 8.74. The van der Waals surface area contributed by atoms with Gasteiger partial charge >= 0.3 is 0 Å². The zero-order chi connectivity index (χ0) is 23.9. The Bertz CT molecular complexity index is 1450. The van der Waals surface area contributed by atoms with Gasteiger partial charge in [-0.1, -0.05) is 84.0 Å². The van der Waals surface area contributed by atoms with Gasteiger partial charge < -0.3 is 0 Å². The molecule has 0 bridgehead atoms. The van der Waals surface area contributed by atoms with Crippen molar-refractivity contribution in [2.24, 2.45) is 5.10 Å². The van der Waals surface area contributed by atoms with Crippen LogP contribution in [-0.2, 0) is 4.79 Å². The maximum atomic E-state index is 13.3. The maximum absolute atomic E-state index is 13.3. The number of benzene rings is 3. The van der Waals surface area contributed by atoms with Gasteiger partial charge in [-0.3, -0.25) is 14.2 Å². The molecule has 0 unspecified atom stereocenters. The molecule has 6 nitrogen and oxygen atoms in total. The van der Waals surface area contributed by atoms with E-state index < -0.39 is 0 Å². The molecule has 0 aliphatic carbocycles. The molecule has 0 radical (unpaired) electrons. The maximum Gasteiger partial charge on any atom is 0.266 e. The fourth-order valence-electron chi connectivity index (χ4n) is 3.31. The Labute approximate surface area is 206 Å². The molecule has 34 heavy (non-hydrogen) atoms. The van der Waals surface area contributed by atoms with Crippen LogP contribution in [-0.4, -0.2) is 27.4 Å². The van der Waals surface area contributed by atoms with Gasteiger partial charge in [0.1, 0.15) is 0 Å². The van der Waals surface area contributed by atoms with Crippen molar-refractivity contribution in [2.75, 3.05) is 5.75 Å². The highest BCUT2D eigenvalue weighted by molar-refractivity contribution is 7.99. The van der Waals surface area contributed by atoms with Crippen molar-refractivity contribution in [1.29, 1.82) is 0 Å². The Hall–Kier alpha value is -3.68. The number of hydrogen-bond donors (Lipinski definition) is 1. The van der Waals surface area contributed by atoms with E-state index in [0.29, 0.717) is 21.1 Å². The van der Waals surface area contributed by atoms with Gasteiger partial charge in [-0.25, -0.2) is 10.4 Å². The predicted molar refractivity (Wildman–Crippen MR) is 140 cm³/mol. The minimum Gasteiger partial charge on any atom is -0.272 e. The van der Waals surface area contributed by atoms with Crippen LogP contribution in [0.15, 0.2) is 98.9 Å². The summed E-state index contributed by atoms with van der Waals surface area (Å²) in [6.07, 6.45) is 3.11. The first-order valence-electron chi connectivity index (χ1n) is 10.5. The van der Waals surface area contributed by atoms with Crippen molar-refractivity contribution in [3.63, 3.8) is 0 Å². The smallest absolute Gasteiger partial charge is 0.266 e. The minimum absolute atomic E-state index is 0.0218. The third kappa shape index (κ3) is 5.62. The minimum atomic E-state index is -0.343. The van der Waals surface area contributed by atoms with E-state index in [-0.39, 0.29) is 17.2 Å². The first kappa shape index (κ1) is 23.5. The van der Waals surface area contributed by atoms with E-state index in [0.717, 1.165) is 16.8 Å². The molecular formula is C26H21ClN4O2S. The van der Waals surface area contributed by atoms with Crippen molar-refractivity contribution < 1.29 is 4.79 Å². The van der Waals surface area contributed by atoms with E-state index >= 15 is 0 Å². The summed E-state index contributed by atoms with van der Waals surface area (Å²) >= 11 is 7.32. The normalized spacial score (nSPS) is 11.8. The number of allylic oxidation sites excluding steroid dienone is 1. The van der Waals surface area contributed by atoms with Crippen LogP contribution in [0.4, 0.5) is 0 Å². The second-order valence-electron chi connectivity index (χ2n) is 7.36. The van der Waals surface area contributed by atoms with Crippen LogP contribution in [0, 0.1) is 6.92 Å². The Morgan fingerprint density at radius 2 is 1.76 bits per heavy atom. The van der Waals surface area contributed by atoms with E-state index in [2.05, 4.69) is 15.5 Å². The molecular weight excluding hydrogens is 468 g/mol. The molecule has 3 aromatic carbocycles. The number of hydrazone groups is 1. The average Bonchev–Trinajstić information content (AvgIpc) is 2.84. The molecule has 4 aromatic rings. The largest absolute Gasteiger partial charge is 0.272 e. The van der Waals surface area contributed by atoms with Gasteiger partial charge in [-0.05, 0) is 42.3 Å². The molecule has 0 spiro atoms. The van der Waals surface area contributed by atoms with Crippen molar-refractivity contribution in [1.82, 2.24) is 15.0 Å². The lowest BCUT2D eigenvalue weighted by atomic mass is 10.2. The number of aryl methyl sites for hydroxylation is 1. The highest BCUT2D eigenvalue weighted by Gasteiger charge is 2.15. The lowest BCUT2D eigenvalue weighted by molar-refractivity contribution is -0.118. The van der Waals surface area contributed by atoms with Gasteiger partial charge in [0.15, 0.2) is 5.16 Å². The number of rotatable bonds is 7. The third-order valence-electron chi connectivity index (χ3n) is 4.91. The highest BCUT2D eigenvalue weighted by Crippen LogP contribution is 2.23. The SMILES string of the molecule is Cc1ccccc1-n1c(SCC(=O)N/N=C\C(Cl)=C\c2ccccc2)nc2ccccc2c1=O. The summed E-state index contributed by atoms with van der Waals surface area (Å²) in [5.41, 5.74) is 5.44. The summed E-state index contributed by atoms with van der Waals surface area (Å²) in [6, 6.07) is 24.3. The number of carbonyl (C=O) groups excluding carboxylic acids is 1. The van der Waals surface area contributed by atoms with Crippen LogP contribution in [0.1, 0.15) is 11.1 Å². The van der Waals surface area contributed by atoms with Crippen LogP contribution < -0.4 is 11.0 Å². The van der Waals surface area contributed by atoms with Crippen LogP contribution in [0.25, 0.3) is 22.7 Å². The fourth-order valence-corrected chi connectivity index (χ4v) is 4.28. The fraction of sp³-hybridized carbons (Fsp3) is 0.0769. The summed E-state index contributed by atoms with van der Waals surface area (Å²) in [4.78, 5) is 30.4. The van der Waals surface area contributed by atoms with Crippen molar-refractivity contribution in [3.05, 3.63) is 105 Å².